The molecule has 2 fully saturated rings. The van der Waals surface area contributed by atoms with Crippen molar-refractivity contribution in [1.29, 1.82) is 0 Å². The lowest BCUT2D eigenvalue weighted by Crippen LogP contribution is -2.45. The van der Waals surface area contributed by atoms with Gasteiger partial charge in [-0.05, 0) is 12.8 Å². The molecule has 0 radical (unpaired) electrons. The van der Waals surface area contributed by atoms with Crippen LogP contribution in [-0.4, -0.2) is 54.4 Å². The zero-order valence-corrected chi connectivity index (χ0v) is 14.6. The maximum absolute atomic E-state index is 12.1. The zero-order valence-electron chi connectivity index (χ0n) is 14.6. The minimum absolute atomic E-state index is 0.0848. The molecule has 11 heteroatoms. The van der Waals surface area contributed by atoms with Crippen LogP contribution in [0.5, 0.6) is 0 Å². The van der Waals surface area contributed by atoms with Gasteiger partial charge in [0.2, 0.25) is 0 Å². The third kappa shape index (κ3) is 3.83. The highest BCUT2D eigenvalue weighted by atomic mass is 16.6. The lowest BCUT2D eigenvalue weighted by atomic mass is 9.89. The van der Waals surface area contributed by atoms with Crippen molar-refractivity contribution in [3.8, 4) is 0 Å². The number of carbonyl (C=O) groups is 1. The summed E-state index contributed by atoms with van der Waals surface area (Å²) in [4.78, 5) is 33.2. The van der Waals surface area contributed by atoms with Crippen molar-refractivity contribution in [3.63, 3.8) is 0 Å². The summed E-state index contributed by atoms with van der Waals surface area (Å²) in [5, 5.41) is 25.6. The number of carbonyl (C=O) groups excluding carboxylic acids is 1. The van der Waals surface area contributed by atoms with Gasteiger partial charge in [0.1, 0.15) is 5.69 Å². The average molecular weight is 381 g/mol. The van der Waals surface area contributed by atoms with Gasteiger partial charge in [-0.1, -0.05) is 0 Å². The second kappa shape index (κ2) is 7.45. The molecule has 2 aliphatic heterocycles. The van der Waals surface area contributed by atoms with Gasteiger partial charge in [0, 0.05) is 31.7 Å². The highest BCUT2D eigenvalue weighted by Crippen LogP contribution is 2.38. The smallest absolute Gasteiger partial charge is 0.340 e. The van der Waals surface area contributed by atoms with E-state index in [2.05, 4.69) is 10.1 Å². The molecule has 1 N–H and O–H groups in total. The molecule has 1 aromatic carbocycles. The van der Waals surface area contributed by atoms with Crippen molar-refractivity contribution in [2.24, 2.45) is 0 Å². The molecule has 3 rings (SSSR count). The lowest BCUT2D eigenvalue weighted by Gasteiger charge is -2.37. The molecule has 2 heterocycles. The van der Waals surface area contributed by atoms with Gasteiger partial charge in [-0.3, -0.25) is 20.2 Å². The molecule has 0 amide bonds. The summed E-state index contributed by atoms with van der Waals surface area (Å²) in [6.07, 6.45) is 1.83. The van der Waals surface area contributed by atoms with Crippen molar-refractivity contribution in [2.75, 3.05) is 32.2 Å². The summed E-state index contributed by atoms with van der Waals surface area (Å²) in [5.41, 5.74) is -1.88. The fraction of sp³-hybridized carbons (Fsp3) is 0.562. The van der Waals surface area contributed by atoms with Gasteiger partial charge in [-0.2, -0.15) is 0 Å². The molecule has 2 aliphatic rings. The third-order valence-corrected chi connectivity index (χ3v) is 4.82. The summed E-state index contributed by atoms with van der Waals surface area (Å²) >= 11 is 0. The predicted octanol–water partition coefficient (Wildman–Crippen LogP) is 2.04. The second-order valence-electron chi connectivity index (χ2n) is 6.56. The number of anilines is 1. The number of benzene rings is 1. The topological polar surface area (TPSA) is 143 Å². The van der Waals surface area contributed by atoms with E-state index in [1.807, 2.05) is 0 Å². The van der Waals surface area contributed by atoms with Gasteiger partial charge in [0.05, 0.1) is 40.8 Å². The van der Waals surface area contributed by atoms with Crippen LogP contribution in [0.25, 0.3) is 0 Å². The number of ether oxygens (including phenoxy) is 3. The Hall–Kier alpha value is -2.79. The van der Waals surface area contributed by atoms with Gasteiger partial charge >= 0.3 is 5.97 Å². The highest BCUT2D eigenvalue weighted by Gasteiger charge is 2.42. The molecule has 2 atom stereocenters. The molecule has 1 aromatic rings. The molecular formula is C16H19N3O8. The van der Waals surface area contributed by atoms with Crippen LogP contribution in [0.3, 0.4) is 0 Å². The van der Waals surface area contributed by atoms with Crippen LogP contribution in [0.15, 0.2) is 12.1 Å². The molecule has 0 saturated carbocycles. The van der Waals surface area contributed by atoms with Gasteiger partial charge in [-0.25, -0.2) is 4.79 Å². The standard InChI is InChI=1S/C16H19N3O8/c1-25-15(20)12-6-11(18(21)22)7-13(19(23)24)14(12)17-10-2-4-27-16(8-10)3-5-26-9-16/h6-7,10,17H,2-5,8-9H2,1H3/t10-,16-/m0/s1. The quantitative estimate of drug-likeness (QED) is 0.460. The van der Waals surface area contributed by atoms with Crippen molar-refractivity contribution >= 4 is 23.0 Å². The van der Waals surface area contributed by atoms with Gasteiger partial charge < -0.3 is 19.5 Å². The summed E-state index contributed by atoms with van der Waals surface area (Å²) < 4.78 is 15.9. The van der Waals surface area contributed by atoms with Crippen LogP contribution in [0.2, 0.25) is 0 Å². The van der Waals surface area contributed by atoms with Gasteiger partial charge in [0.25, 0.3) is 11.4 Å². The molecule has 2 saturated heterocycles. The minimum atomic E-state index is -0.893. The van der Waals surface area contributed by atoms with Crippen molar-refractivity contribution in [1.82, 2.24) is 0 Å². The van der Waals surface area contributed by atoms with Crippen LogP contribution in [0, 0.1) is 20.2 Å². The molecule has 27 heavy (non-hydrogen) atoms. The van der Waals surface area contributed by atoms with Crippen LogP contribution >= 0.6 is 0 Å². The van der Waals surface area contributed by atoms with Crippen molar-refractivity contribution in [3.05, 3.63) is 37.9 Å². The fourth-order valence-corrected chi connectivity index (χ4v) is 3.50. The number of hydrogen-bond acceptors (Lipinski definition) is 9. The number of hydrogen-bond donors (Lipinski definition) is 1. The van der Waals surface area contributed by atoms with E-state index in [-0.39, 0.29) is 17.3 Å². The number of methoxy groups -OCH3 is 1. The Morgan fingerprint density at radius 1 is 1.30 bits per heavy atom. The third-order valence-electron chi connectivity index (χ3n) is 4.82. The first-order valence-corrected chi connectivity index (χ1v) is 8.38. The molecule has 0 unspecified atom stereocenters. The van der Waals surface area contributed by atoms with E-state index in [0.29, 0.717) is 32.7 Å². The molecule has 0 aromatic heterocycles. The monoisotopic (exact) mass is 381 g/mol. The summed E-state index contributed by atoms with van der Waals surface area (Å²) in [5.74, 6) is -0.893. The second-order valence-corrected chi connectivity index (χ2v) is 6.56. The SMILES string of the molecule is COC(=O)c1cc([N+](=O)[O-])cc([N+](=O)[O-])c1N[C@H]1CCO[C@@]2(CCOC2)C1. The Labute approximate surface area is 153 Å². The van der Waals surface area contributed by atoms with Crippen LogP contribution in [0.4, 0.5) is 17.1 Å². The van der Waals surface area contributed by atoms with Gasteiger partial charge in [0.15, 0.2) is 0 Å². The summed E-state index contributed by atoms with van der Waals surface area (Å²) in [6.45, 7) is 1.46. The average Bonchev–Trinajstić information content (AvgIpc) is 3.08. The van der Waals surface area contributed by atoms with E-state index in [0.717, 1.165) is 25.7 Å². The molecule has 0 aliphatic carbocycles. The Kier molecular flexibility index (Phi) is 5.24. The van der Waals surface area contributed by atoms with E-state index in [9.17, 15) is 25.0 Å². The normalized spacial score (nSPS) is 24.6. The van der Waals surface area contributed by atoms with Crippen molar-refractivity contribution < 1.29 is 28.9 Å². The highest BCUT2D eigenvalue weighted by molar-refractivity contribution is 5.99. The maximum atomic E-state index is 12.1. The predicted molar refractivity (Wildman–Crippen MR) is 91.9 cm³/mol. The Bertz CT molecular complexity index is 775. The summed E-state index contributed by atoms with van der Waals surface area (Å²) in [6, 6.07) is 1.60. The Morgan fingerprint density at radius 2 is 2.07 bits per heavy atom. The number of rotatable bonds is 5. The maximum Gasteiger partial charge on any atom is 0.340 e. The number of non-ortho nitro benzene ring substituents is 1. The van der Waals surface area contributed by atoms with E-state index in [1.54, 1.807) is 0 Å². The summed E-state index contributed by atoms with van der Waals surface area (Å²) in [7, 11) is 1.11. The zero-order chi connectivity index (χ0) is 19.6. The van der Waals surface area contributed by atoms with Crippen LogP contribution < -0.4 is 5.32 Å². The first-order chi connectivity index (χ1) is 12.8. The van der Waals surface area contributed by atoms with Gasteiger partial charge in [-0.15, -0.1) is 0 Å². The first kappa shape index (κ1) is 19.0. The number of nitro groups is 2. The number of nitro benzene ring substituents is 2. The fourth-order valence-electron chi connectivity index (χ4n) is 3.50. The van der Waals surface area contributed by atoms with E-state index < -0.39 is 32.8 Å². The molecule has 0 bridgehead atoms. The number of nitrogens with one attached hydrogen (secondary N) is 1. The Balaban J connectivity index is 1.98. The van der Waals surface area contributed by atoms with E-state index in [1.165, 1.54) is 0 Å². The molecule has 146 valence electrons. The number of nitrogens with zero attached hydrogens (tertiary/aromatic N) is 2. The largest absolute Gasteiger partial charge is 0.465 e. The van der Waals surface area contributed by atoms with Crippen LogP contribution in [-0.2, 0) is 14.2 Å². The van der Waals surface area contributed by atoms with E-state index in [4.69, 9.17) is 9.47 Å². The molecule has 11 nitrogen and oxygen atoms in total. The van der Waals surface area contributed by atoms with Crippen LogP contribution in [0.1, 0.15) is 29.6 Å². The minimum Gasteiger partial charge on any atom is -0.465 e. The Morgan fingerprint density at radius 3 is 2.67 bits per heavy atom. The molecular weight excluding hydrogens is 362 g/mol. The van der Waals surface area contributed by atoms with E-state index >= 15 is 0 Å². The van der Waals surface area contributed by atoms with Crippen molar-refractivity contribution in [2.45, 2.75) is 30.9 Å². The first-order valence-electron chi connectivity index (χ1n) is 8.38. The number of esters is 1. The lowest BCUT2D eigenvalue weighted by molar-refractivity contribution is -0.393. The molecule has 1 spiro atoms.